The van der Waals surface area contributed by atoms with Crippen LogP contribution in [0.4, 0.5) is 0 Å². The Balaban J connectivity index is 2.38. The van der Waals surface area contributed by atoms with Crippen LogP contribution in [0.15, 0.2) is 18.2 Å². The van der Waals surface area contributed by atoms with E-state index in [2.05, 4.69) is 50.9 Å². The molecular formula is C14H21N. The second kappa shape index (κ2) is 3.97. The molecule has 1 aliphatic rings. The minimum atomic E-state index is 0.579. The van der Waals surface area contributed by atoms with Crippen LogP contribution in [0.25, 0.3) is 0 Å². The van der Waals surface area contributed by atoms with Gasteiger partial charge in [0.25, 0.3) is 0 Å². The molecule has 1 unspecified atom stereocenters. The number of rotatable bonds is 1. The van der Waals surface area contributed by atoms with Crippen molar-refractivity contribution in [3.05, 3.63) is 34.9 Å². The van der Waals surface area contributed by atoms with E-state index in [-0.39, 0.29) is 0 Å². The smallest absolute Gasteiger partial charge is 0.0319 e. The molecule has 1 nitrogen and oxygen atoms in total. The topological polar surface area (TPSA) is 3.24 Å². The number of hydrogen-bond donors (Lipinski definition) is 0. The van der Waals surface area contributed by atoms with E-state index in [0.29, 0.717) is 12.0 Å². The van der Waals surface area contributed by atoms with E-state index in [1.54, 1.807) is 5.56 Å². The van der Waals surface area contributed by atoms with Crippen LogP contribution in [0, 0.1) is 0 Å². The molecular weight excluding hydrogens is 182 g/mol. The zero-order valence-electron chi connectivity index (χ0n) is 10.2. The fourth-order valence-corrected chi connectivity index (χ4v) is 2.34. The maximum absolute atomic E-state index is 2.43. The molecule has 15 heavy (non-hydrogen) atoms. The van der Waals surface area contributed by atoms with Crippen LogP contribution in [-0.4, -0.2) is 18.5 Å². The van der Waals surface area contributed by atoms with Crippen molar-refractivity contribution in [2.24, 2.45) is 0 Å². The molecule has 1 aromatic rings. The Kier molecular flexibility index (Phi) is 2.83. The number of hydrogen-bond acceptors (Lipinski definition) is 1. The quantitative estimate of drug-likeness (QED) is 0.676. The monoisotopic (exact) mass is 203 g/mol. The lowest BCUT2D eigenvalue weighted by Gasteiger charge is -2.32. The molecule has 0 aromatic heterocycles. The summed E-state index contributed by atoms with van der Waals surface area (Å²) in [5, 5.41) is 0. The first-order chi connectivity index (χ1) is 7.09. The molecule has 1 aliphatic heterocycles. The molecule has 2 rings (SSSR count). The van der Waals surface area contributed by atoms with E-state index in [4.69, 9.17) is 0 Å². The van der Waals surface area contributed by atoms with Gasteiger partial charge in [0.05, 0.1) is 0 Å². The van der Waals surface area contributed by atoms with Crippen molar-refractivity contribution in [2.45, 2.75) is 39.2 Å². The van der Waals surface area contributed by atoms with Crippen LogP contribution < -0.4 is 0 Å². The molecule has 0 saturated heterocycles. The van der Waals surface area contributed by atoms with E-state index < -0.39 is 0 Å². The molecule has 82 valence electrons. The van der Waals surface area contributed by atoms with Gasteiger partial charge in [-0.2, -0.15) is 0 Å². The molecule has 0 bridgehead atoms. The summed E-state index contributed by atoms with van der Waals surface area (Å²) in [6.45, 7) is 8.02. The Labute approximate surface area is 93.1 Å². The van der Waals surface area contributed by atoms with E-state index >= 15 is 0 Å². The highest BCUT2D eigenvalue weighted by atomic mass is 15.1. The Morgan fingerprint density at radius 2 is 2.07 bits per heavy atom. The lowest BCUT2D eigenvalue weighted by Crippen LogP contribution is -2.30. The summed E-state index contributed by atoms with van der Waals surface area (Å²) in [5.74, 6) is 0.644. The van der Waals surface area contributed by atoms with Crippen molar-refractivity contribution in [2.75, 3.05) is 13.6 Å². The highest BCUT2D eigenvalue weighted by Crippen LogP contribution is 2.30. The van der Waals surface area contributed by atoms with Crippen LogP contribution in [0.5, 0.6) is 0 Å². The summed E-state index contributed by atoms with van der Waals surface area (Å²) < 4.78 is 0. The zero-order chi connectivity index (χ0) is 11.0. The molecule has 1 heteroatoms. The van der Waals surface area contributed by atoms with Gasteiger partial charge in [0, 0.05) is 12.6 Å². The molecule has 0 fully saturated rings. The molecule has 0 spiro atoms. The van der Waals surface area contributed by atoms with Gasteiger partial charge >= 0.3 is 0 Å². The SMILES string of the molecule is CC(C)c1ccc2c(c1)CCN(C)C2C. The minimum Gasteiger partial charge on any atom is -0.299 e. The summed E-state index contributed by atoms with van der Waals surface area (Å²) in [4.78, 5) is 2.43. The standard InChI is InChI=1S/C14H21N/c1-10(2)12-5-6-14-11(3)15(4)8-7-13(14)9-12/h5-6,9-11H,7-8H2,1-4H3. The molecule has 0 amide bonds. The Hall–Kier alpha value is -0.820. The van der Waals surface area contributed by atoms with E-state index in [1.165, 1.54) is 24.1 Å². The van der Waals surface area contributed by atoms with Crippen LogP contribution in [0.2, 0.25) is 0 Å². The van der Waals surface area contributed by atoms with Crippen LogP contribution in [0.1, 0.15) is 49.4 Å². The predicted octanol–water partition coefficient (Wildman–Crippen LogP) is 3.36. The average molecular weight is 203 g/mol. The van der Waals surface area contributed by atoms with Gasteiger partial charge in [-0.3, -0.25) is 4.90 Å². The Bertz CT molecular complexity index is 354. The summed E-state index contributed by atoms with van der Waals surface area (Å²) in [7, 11) is 2.21. The van der Waals surface area contributed by atoms with Gasteiger partial charge in [-0.25, -0.2) is 0 Å². The fourth-order valence-electron chi connectivity index (χ4n) is 2.34. The van der Waals surface area contributed by atoms with Gasteiger partial charge in [0.1, 0.15) is 0 Å². The van der Waals surface area contributed by atoms with Crippen molar-refractivity contribution >= 4 is 0 Å². The van der Waals surface area contributed by atoms with Gasteiger partial charge in [0.15, 0.2) is 0 Å². The molecule has 0 N–H and O–H groups in total. The van der Waals surface area contributed by atoms with Crippen LogP contribution in [-0.2, 0) is 6.42 Å². The number of likely N-dealkylation sites (N-methyl/N-ethyl adjacent to an activating group) is 1. The van der Waals surface area contributed by atoms with Gasteiger partial charge in [-0.1, -0.05) is 32.0 Å². The maximum Gasteiger partial charge on any atom is 0.0319 e. The Morgan fingerprint density at radius 1 is 1.33 bits per heavy atom. The maximum atomic E-state index is 2.43. The van der Waals surface area contributed by atoms with Crippen molar-refractivity contribution in [1.82, 2.24) is 4.90 Å². The van der Waals surface area contributed by atoms with Crippen LogP contribution >= 0.6 is 0 Å². The fraction of sp³-hybridized carbons (Fsp3) is 0.571. The highest BCUT2D eigenvalue weighted by Gasteiger charge is 2.20. The van der Waals surface area contributed by atoms with E-state index in [9.17, 15) is 0 Å². The van der Waals surface area contributed by atoms with Crippen molar-refractivity contribution in [1.29, 1.82) is 0 Å². The summed E-state index contributed by atoms with van der Waals surface area (Å²) in [5.41, 5.74) is 4.56. The lowest BCUT2D eigenvalue weighted by atomic mass is 9.90. The number of fused-ring (bicyclic) bond motifs is 1. The number of benzene rings is 1. The zero-order valence-corrected chi connectivity index (χ0v) is 10.2. The lowest BCUT2D eigenvalue weighted by molar-refractivity contribution is 0.247. The number of nitrogens with zero attached hydrogens (tertiary/aromatic N) is 1. The summed E-state index contributed by atoms with van der Waals surface area (Å²) in [6.07, 6.45) is 1.21. The van der Waals surface area contributed by atoms with Gasteiger partial charge < -0.3 is 0 Å². The first-order valence-electron chi connectivity index (χ1n) is 5.92. The molecule has 0 saturated carbocycles. The van der Waals surface area contributed by atoms with E-state index in [1.807, 2.05) is 0 Å². The van der Waals surface area contributed by atoms with Crippen molar-refractivity contribution in [3.63, 3.8) is 0 Å². The molecule has 1 heterocycles. The predicted molar refractivity (Wildman–Crippen MR) is 65.3 cm³/mol. The van der Waals surface area contributed by atoms with Gasteiger partial charge in [-0.15, -0.1) is 0 Å². The average Bonchev–Trinajstić information content (AvgIpc) is 2.23. The third-order valence-electron chi connectivity index (χ3n) is 3.68. The third kappa shape index (κ3) is 1.93. The van der Waals surface area contributed by atoms with Crippen LogP contribution in [0.3, 0.4) is 0 Å². The second-order valence-electron chi connectivity index (χ2n) is 5.02. The van der Waals surface area contributed by atoms with Gasteiger partial charge in [0.2, 0.25) is 0 Å². The molecule has 0 aliphatic carbocycles. The molecule has 1 aromatic carbocycles. The second-order valence-corrected chi connectivity index (χ2v) is 5.02. The third-order valence-corrected chi connectivity index (χ3v) is 3.68. The first-order valence-corrected chi connectivity index (χ1v) is 5.92. The molecule has 1 atom stereocenters. The summed E-state index contributed by atoms with van der Waals surface area (Å²) >= 11 is 0. The summed E-state index contributed by atoms with van der Waals surface area (Å²) in [6, 6.07) is 7.60. The van der Waals surface area contributed by atoms with Crippen molar-refractivity contribution in [3.8, 4) is 0 Å². The Morgan fingerprint density at radius 3 is 2.73 bits per heavy atom. The van der Waals surface area contributed by atoms with Gasteiger partial charge in [-0.05, 0) is 43.0 Å². The normalized spacial score (nSPS) is 21.8. The first kappa shape index (κ1) is 10.7. The van der Waals surface area contributed by atoms with E-state index in [0.717, 1.165) is 0 Å². The van der Waals surface area contributed by atoms with Crippen molar-refractivity contribution < 1.29 is 0 Å². The largest absolute Gasteiger partial charge is 0.299 e. The highest BCUT2D eigenvalue weighted by molar-refractivity contribution is 5.37. The minimum absolute atomic E-state index is 0.579. The molecule has 0 radical (unpaired) electrons.